The van der Waals surface area contributed by atoms with Gasteiger partial charge < -0.3 is 9.47 Å². The van der Waals surface area contributed by atoms with E-state index in [1.807, 2.05) is 0 Å². The molecule has 0 spiro atoms. The van der Waals surface area contributed by atoms with E-state index in [9.17, 15) is 18.0 Å². The number of carbonyl (C=O) groups is 1. The second kappa shape index (κ2) is 5.79. The molecule has 5 nitrogen and oxygen atoms in total. The molecule has 0 atom stereocenters. The highest BCUT2D eigenvalue weighted by Gasteiger charge is 2.31. The van der Waals surface area contributed by atoms with Crippen LogP contribution in [0.1, 0.15) is 10.4 Å². The second-order valence-electron chi connectivity index (χ2n) is 3.40. The first-order valence-corrected chi connectivity index (χ1v) is 5.04. The van der Waals surface area contributed by atoms with Crippen molar-refractivity contribution >= 4 is 5.91 Å². The summed E-state index contributed by atoms with van der Waals surface area (Å²) < 4.78 is 44.8. The Balaban J connectivity index is 3.06. The highest BCUT2D eigenvalue weighted by atomic mass is 19.4. The average molecular weight is 279 g/mol. The van der Waals surface area contributed by atoms with Crippen LogP contribution in [0.15, 0.2) is 18.2 Å². The number of alkyl halides is 3. The fourth-order valence-corrected chi connectivity index (χ4v) is 1.30. The number of hydrogen-bond acceptors (Lipinski definition) is 4. The van der Waals surface area contributed by atoms with E-state index in [1.54, 1.807) is 0 Å². The number of benzene rings is 1. The number of nitrogens with zero attached hydrogens (tertiary/aromatic N) is 1. The van der Waals surface area contributed by atoms with Gasteiger partial charge in [-0.2, -0.15) is 0 Å². The third-order valence-corrected chi connectivity index (χ3v) is 2.20. The lowest BCUT2D eigenvalue weighted by molar-refractivity contribution is -0.274. The Morgan fingerprint density at radius 3 is 2.37 bits per heavy atom. The third-order valence-electron chi connectivity index (χ3n) is 2.20. The molecular formula is C11H12F3NO4. The van der Waals surface area contributed by atoms with E-state index in [1.165, 1.54) is 21.3 Å². The van der Waals surface area contributed by atoms with Crippen LogP contribution in [-0.4, -0.2) is 38.6 Å². The van der Waals surface area contributed by atoms with Gasteiger partial charge in [-0.05, 0) is 12.1 Å². The first kappa shape index (κ1) is 15.1. The third kappa shape index (κ3) is 4.02. The number of hydrogen-bond donors (Lipinski definition) is 0. The Morgan fingerprint density at radius 2 is 1.89 bits per heavy atom. The number of ether oxygens (including phenoxy) is 2. The summed E-state index contributed by atoms with van der Waals surface area (Å²) in [4.78, 5) is 16.5. The summed E-state index contributed by atoms with van der Waals surface area (Å²) in [5.74, 6) is -1.07. The number of rotatable bonds is 4. The van der Waals surface area contributed by atoms with Gasteiger partial charge in [0.1, 0.15) is 11.5 Å². The summed E-state index contributed by atoms with van der Waals surface area (Å²) in [5, 5.41) is 0.919. The van der Waals surface area contributed by atoms with Crippen LogP contribution < -0.4 is 9.47 Å². The highest BCUT2D eigenvalue weighted by Crippen LogP contribution is 2.29. The minimum atomic E-state index is -4.81. The van der Waals surface area contributed by atoms with Crippen molar-refractivity contribution in [2.45, 2.75) is 6.36 Å². The fourth-order valence-electron chi connectivity index (χ4n) is 1.30. The van der Waals surface area contributed by atoms with E-state index in [4.69, 9.17) is 9.57 Å². The average Bonchev–Trinajstić information content (AvgIpc) is 2.34. The van der Waals surface area contributed by atoms with Gasteiger partial charge in [0.2, 0.25) is 0 Å². The molecule has 0 aliphatic rings. The molecule has 0 fully saturated rings. The summed E-state index contributed by atoms with van der Waals surface area (Å²) in [6.45, 7) is 0. The van der Waals surface area contributed by atoms with Crippen molar-refractivity contribution in [3.05, 3.63) is 23.8 Å². The smallest absolute Gasteiger partial charge is 0.496 e. The molecule has 19 heavy (non-hydrogen) atoms. The molecule has 8 heteroatoms. The summed E-state index contributed by atoms with van der Waals surface area (Å²) in [5.41, 5.74) is 0.0568. The molecule has 106 valence electrons. The zero-order valence-electron chi connectivity index (χ0n) is 10.4. The first-order chi connectivity index (χ1) is 8.78. The molecule has 1 aromatic carbocycles. The maximum atomic E-state index is 12.1. The quantitative estimate of drug-likeness (QED) is 0.793. The molecule has 0 saturated heterocycles. The molecule has 1 aromatic rings. The molecular weight excluding hydrogens is 267 g/mol. The van der Waals surface area contributed by atoms with Crippen LogP contribution in [0, 0.1) is 0 Å². The number of carbonyl (C=O) groups excluding carboxylic acids is 1. The molecule has 0 N–H and O–H groups in total. The van der Waals surface area contributed by atoms with Crippen molar-refractivity contribution in [3.63, 3.8) is 0 Å². The predicted octanol–water partition coefficient (Wildman–Crippen LogP) is 2.23. The van der Waals surface area contributed by atoms with Crippen LogP contribution in [0.5, 0.6) is 11.5 Å². The number of methoxy groups -OCH3 is 1. The second-order valence-corrected chi connectivity index (χ2v) is 3.40. The minimum Gasteiger partial charge on any atom is -0.496 e. The van der Waals surface area contributed by atoms with E-state index in [0.29, 0.717) is 0 Å². The van der Waals surface area contributed by atoms with Gasteiger partial charge in [-0.15, -0.1) is 13.2 Å². The van der Waals surface area contributed by atoms with Gasteiger partial charge in [0.25, 0.3) is 5.91 Å². The lowest BCUT2D eigenvalue weighted by Crippen LogP contribution is -2.26. The topological polar surface area (TPSA) is 48.0 Å². The van der Waals surface area contributed by atoms with Gasteiger partial charge in [-0.3, -0.25) is 9.63 Å². The van der Waals surface area contributed by atoms with Crippen molar-refractivity contribution in [3.8, 4) is 11.5 Å². The molecule has 0 radical (unpaired) electrons. The number of hydroxylamine groups is 2. The largest absolute Gasteiger partial charge is 0.573 e. The van der Waals surface area contributed by atoms with E-state index in [2.05, 4.69) is 4.74 Å². The Morgan fingerprint density at radius 1 is 1.26 bits per heavy atom. The molecule has 1 rings (SSSR count). The number of amides is 1. The standard InChI is InChI=1S/C11H12F3NO4/c1-15(18-3)10(16)8-5-4-7(6-9(8)17-2)19-11(12,13)14/h4-6H,1-3H3. The Hall–Kier alpha value is -1.96. The Kier molecular flexibility index (Phi) is 4.60. The monoisotopic (exact) mass is 279 g/mol. The molecule has 1 amide bonds. The van der Waals surface area contributed by atoms with Crippen LogP contribution in [-0.2, 0) is 4.84 Å². The fraction of sp³-hybridized carbons (Fsp3) is 0.364. The minimum absolute atomic E-state index is 0.0457. The molecule has 0 unspecified atom stereocenters. The first-order valence-electron chi connectivity index (χ1n) is 5.04. The lowest BCUT2D eigenvalue weighted by Gasteiger charge is -2.16. The van der Waals surface area contributed by atoms with Crippen molar-refractivity contribution in [2.24, 2.45) is 0 Å². The molecule has 0 aliphatic heterocycles. The SMILES string of the molecule is COc1cc(OC(F)(F)F)ccc1C(=O)N(C)OC. The van der Waals surface area contributed by atoms with Crippen LogP contribution in [0.4, 0.5) is 13.2 Å². The van der Waals surface area contributed by atoms with Gasteiger partial charge >= 0.3 is 6.36 Å². The van der Waals surface area contributed by atoms with Crippen LogP contribution >= 0.6 is 0 Å². The van der Waals surface area contributed by atoms with Gasteiger partial charge in [-0.25, -0.2) is 5.06 Å². The van der Waals surface area contributed by atoms with Crippen molar-refractivity contribution in [2.75, 3.05) is 21.3 Å². The van der Waals surface area contributed by atoms with Crippen LogP contribution in [0.2, 0.25) is 0 Å². The maximum absolute atomic E-state index is 12.1. The molecule has 0 saturated carbocycles. The van der Waals surface area contributed by atoms with Gasteiger partial charge in [0, 0.05) is 13.1 Å². The van der Waals surface area contributed by atoms with Crippen molar-refractivity contribution in [1.82, 2.24) is 5.06 Å². The maximum Gasteiger partial charge on any atom is 0.573 e. The van der Waals surface area contributed by atoms with Crippen LogP contribution in [0.3, 0.4) is 0 Å². The molecule has 0 bridgehead atoms. The lowest BCUT2D eigenvalue weighted by atomic mass is 10.2. The summed E-state index contributed by atoms with van der Waals surface area (Å²) >= 11 is 0. The molecule has 0 aromatic heterocycles. The van der Waals surface area contributed by atoms with Gasteiger partial charge in [-0.1, -0.05) is 0 Å². The van der Waals surface area contributed by atoms with E-state index >= 15 is 0 Å². The summed E-state index contributed by atoms with van der Waals surface area (Å²) in [7, 11) is 3.88. The molecule has 0 aliphatic carbocycles. The van der Waals surface area contributed by atoms with Gasteiger partial charge in [0.05, 0.1) is 19.8 Å². The summed E-state index contributed by atoms with van der Waals surface area (Å²) in [6.07, 6.45) is -4.81. The van der Waals surface area contributed by atoms with E-state index < -0.39 is 18.0 Å². The van der Waals surface area contributed by atoms with E-state index in [0.717, 1.165) is 23.3 Å². The van der Waals surface area contributed by atoms with Crippen LogP contribution in [0.25, 0.3) is 0 Å². The molecule has 0 heterocycles. The predicted molar refractivity (Wildman–Crippen MR) is 58.8 cm³/mol. The van der Waals surface area contributed by atoms with Crippen molar-refractivity contribution < 1.29 is 32.3 Å². The summed E-state index contributed by atoms with van der Waals surface area (Å²) in [6, 6.07) is 3.16. The Bertz CT molecular complexity index is 462. The zero-order valence-corrected chi connectivity index (χ0v) is 10.4. The van der Waals surface area contributed by atoms with Crippen molar-refractivity contribution in [1.29, 1.82) is 0 Å². The van der Waals surface area contributed by atoms with E-state index in [-0.39, 0.29) is 11.3 Å². The zero-order chi connectivity index (χ0) is 14.6. The normalized spacial score (nSPS) is 11.1. The number of halogens is 3. The Labute approximate surface area is 107 Å². The van der Waals surface area contributed by atoms with Gasteiger partial charge in [0.15, 0.2) is 0 Å². The highest BCUT2D eigenvalue weighted by molar-refractivity contribution is 5.96.